The largest absolute Gasteiger partial charge is 0.493 e. The Bertz CT molecular complexity index is 1860. The second-order valence-electron chi connectivity index (χ2n) is 9.29. The topological polar surface area (TPSA) is 69.9 Å². The van der Waals surface area contributed by atoms with E-state index >= 15 is 0 Å². The maximum absolute atomic E-state index is 14.0. The van der Waals surface area contributed by atoms with Crippen LogP contribution in [0.1, 0.15) is 41.6 Å². The number of halogens is 2. The molecule has 3 aromatic carbocycles. The molecular formula is C30H22Br2N2O4S. The molecular weight excluding hydrogens is 644 g/mol. The molecule has 1 aliphatic heterocycles. The van der Waals surface area contributed by atoms with Crippen molar-refractivity contribution >= 4 is 60.9 Å². The number of carbonyl (C=O) groups excluding carboxylic acids is 1. The van der Waals surface area contributed by atoms with Crippen LogP contribution in [0.25, 0.3) is 11.8 Å². The molecule has 0 bridgehead atoms. The van der Waals surface area contributed by atoms with Crippen LogP contribution in [-0.4, -0.2) is 17.6 Å². The van der Waals surface area contributed by atoms with E-state index in [2.05, 4.69) is 62.2 Å². The second kappa shape index (κ2) is 10.4. The summed E-state index contributed by atoms with van der Waals surface area (Å²) in [6, 6.07) is 19.8. The number of aryl methyl sites for hydroxylation is 1. The van der Waals surface area contributed by atoms with Crippen LogP contribution >= 0.6 is 43.2 Å². The molecule has 6 rings (SSSR count). The van der Waals surface area contributed by atoms with Crippen molar-refractivity contribution in [3.8, 4) is 11.5 Å². The summed E-state index contributed by atoms with van der Waals surface area (Å²) in [5, 5.41) is 0. The number of ether oxygens (including phenoxy) is 2. The summed E-state index contributed by atoms with van der Waals surface area (Å²) in [6.45, 7) is 1.33. The minimum atomic E-state index is -0.450. The minimum Gasteiger partial charge on any atom is -0.493 e. The number of hydrogen-bond acceptors (Lipinski definition) is 6. The lowest BCUT2D eigenvalue weighted by Gasteiger charge is -2.30. The van der Waals surface area contributed by atoms with Crippen molar-refractivity contribution in [1.29, 1.82) is 0 Å². The lowest BCUT2D eigenvalue weighted by atomic mass is 9.83. The zero-order valence-electron chi connectivity index (χ0n) is 21.0. The highest BCUT2D eigenvalue weighted by molar-refractivity contribution is 9.10. The third-order valence-electron chi connectivity index (χ3n) is 6.85. The Morgan fingerprint density at radius 1 is 1.10 bits per heavy atom. The van der Waals surface area contributed by atoms with Crippen LogP contribution < -0.4 is 24.4 Å². The van der Waals surface area contributed by atoms with E-state index in [1.807, 2.05) is 28.8 Å². The monoisotopic (exact) mass is 664 g/mol. The molecule has 0 N–H and O–H groups in total. The van der Waals surface area contributed by atoms with Crippen LogP contribution in [0.5, 0.6) is 11.5 Å². The van der Waals surface area contributed by atoms with E-state index in [0.717, 1.165) is 45.3 Å². The fourth-order valence-corrected chi connectivity index (χ4v) is 6.99. The highest BCUT2D eigenvalue weighted by atomic mass is 79.9. The molecule has 0 spiro atoms. The highest BCUT2D eigenvalue weighted by Gasteiger charge is 2.32. The molecule has 1 atom stereocenters. The van der Waals surface area contributed by atoms with Crippen molar-refractivity contribution in [1.82, 2.24) is 4.57 Å². The van der Waals surface area contributed by atoms with Gasteiger partial charge in [0.25, 0.3) is 5.56 Å². The maximum atomic E-state index is 14.0. The van der Waals surface area contributed by atoms with Crippen molar-refractivity contribution < 1.29 is 14.3 Å². The fourth-order valence-electron chi connectivity index (χ4n) is 5.18. The van der Waals surface area contributed by atoms with Gasteiger partial charge in [0, 0.05) is 17.0 Å². The first kappa shape index (κ1) is 26.0. The summed E-state index contributed by atoms with van der Waals surface area (Å²) in [5.74, 6) is 0.233. The zero-order chi connectivity index (χ0) is 27.3. The first-order valence-corrected chi connectivity index (χ1v) is 14.7. The molecule has 2 heterocycles. The van der Waals surface area contributed by atoms with Gasteiger partial charge in [0.2, 0.25) is 0 Å². The molecule has 0 unspecified atom stereocenters. The summed E-state index contributed by atoms with van der Waals surface area (Å²) in [6.07, 6.45) is 3.57. The van der Waals surface area contributed by atoms with Gasteiger partial charge in [-0.3, -0.25) is 14.2 Å². The van der Waals surface area contributed by atoms with Crippen molar-refractivity contribution in [3.05, 3.63) is 117 Å². The van der Waals surface area contributed by atoms with Gasteiger partial charge in [0.15, 0.2) is 16.3 Å². The number of thiazole rings is 1. The number of fused-ring (bicyclic) bond motifs is 3. The van der Waals surface area contributed by atoms with E-state index in [1.165, 1.54) is 30.9 Å². The van der Waals surface area contributed by atoms with E-state index < -0.39 is 5.97 Å². The molecule has 1 aliphatic carbocycles. The summed E-state index contributed by atoms with van der Waals surface area (Å²) >= 11 is 8.38. The van der Waals surface area contributed by atoms with Crippen LogP contribution in [0.15, 0.2) is 85.0 Å². The number of aromatic nitrogens is 1. The van der Waals surface area contributed by atoms with E-state index in [9.17, 15) is 9.59 Å². The SMILES string of the molecule is COc1cc(/C=c2\sc3n(c2=O)[C@H](c2ccc(Br)cc2)C2=C(N=3)c3ccccc3CC2)cc(Br)c1OC(C)=O. The highest BCUT2D eigenvalue weighted by Crippen LogP contribution is 2.41. The third-order valence-corrected chi connectivity index (χ3v) is 8.95. The van der Waals surface area contributed by atoms with Gasteiger partial charge >= 0.3 is 5.97 Å². The number of carbonyl (C=O) groups is 1. The maximum Gasteiger partial charge on any atom is 0.308 e. The fraction of sp³-hybridized carbons (Fsp3) is 0.167. The van der Waals surface area contributed by atoms with Crippen LogP contribution in [0, 0.1) is 0 Å². The molecule has 0 amide bonds. The van der Waals surface area contributed by atoms with Crippen molar-refractivity contribution in [2.24, 2.45) is 4.99 Å². The summed E-state index contributed by atoms with van der Waals surface area (Å²) in [4.78, 5) is 31.3. The van der Waals surface area contributed by atoms with E-state index in [4.69, 9.17) is 14.5 Å². The smallest absolute Gasteiger partial charge is 0.308 e. The van der Waals surface area contributed by atoms with Gasteiger partial charge in [-0.1, -0.05) is 63.7 Å². The standard InChI is InChI=1S/C30H22Br2N2O4S/c1-16(35)38-28-23(32)13-17(14-24(28)37-2)15-25-29(36)34-27(19-7-10-20(31)11-8-19)22-12-9-18-5-3-4-6-21(18)26(22)33-30(34)39-25/h3-8,10-11,13-15,27H,9,12H2,1-2H3/b25-15-/t27-/m1/s1. The number of nitrogens with zero attached hydrogens (tertiary/aromatic N) is 2. The molecule has 0 fully saturated rings. The number of methoxy groups -OCH3 is 1. The molecule has 196 valence electrons. The lowest BCUT2D eigenvalue weighted by molar-refractivity contribution is -0.132. The minimum absolute atomic E-state index is 0.101. The predicted octanol–water partition coefficient (Wildman–Crippen LogP) is 5.78. The Hall–Kier alpha value is -3.27. The Labute approximate surface area is 245 Å². The van der Waals surface area contributed by atoms with E-state index in [0.29, 0.717) is 25.3 Å². The Morgan fingerprint density at radius 3 is 2.62 bits per heavy atom. The van der Waals surface area contributed by atoms with Gasteiger partial charge in [-0.25, -0.2) is 4.99 Å². The number of benzene rings is 3. The molecule has 9 heteroatoms. The molecule has 1 aromatic heterocycles. The van der Waals surface area contributed by atoms with Gasteiger partial charge in [-0.2, -0.15) is 0 Å². The quantitative estimate of drug-likeness (QED) is 0.205. The third kappa shape index (κ3) is 4.73. The van der Waals surface area contributed by atoms with Crippen LogP contribution in [0.2, 0.25) is 0 Å². The van der Waals surface area contributed by atoms with Gasteiger partial charge < -0.3 is 9.47 Å². The molecule has 4 aromatic rings. The molecule has 0 saturated carbocycles. The molecule has 0 radical (unpaired) electrons. The van der Waals surface area contributed by atoms with Gasteiger partial charge in [0.1, 0.15) is 0 Å². The molecule has 39 heavy (non-hydrogen) atoms. The number of hydrogen-bond donors (Lipinski definition) is 0. The van der Waals surface area contributed by atoms with Crippen molar-refractivity contribution in [3.63, 3.8) is 0 Å². The first-order valence-electron chi connectivity index (χ1n) is 12.3. The lowest BCUT2D eigenvalue weighted by Crippen LogP contribution is -2.38. The Morgan fingerprint density at radius 2 is 1.87 bits per heavy atom. The average Bonchev–Trinajstić information content (AvgIpc) is 3.23. The number of esters is 1. The summed E-state index contributed by atoms with van der Waals surface area (Å²) in [5.41, 5.74) is 6.21. The van der Waals surface area contributed by atoms with Gasteiger partial charge in [0.05, 0.1) is 27.9 Å². The number of allylic oxidation sites excluding steroid dienone is 1. The molecule has 0 saturated heterocycles. The van der Waals surface area contributed by atoms with Gasteiger partial charge in [-0.05, 0) is 81.4 Å². The summed E-state index contributed by atoms with van der Waals surface area (Å²) < 4.78 is 14.7. The average molecular weight is 666 g/mol. The Balaban J connectivity index is 1.56. The van der Waals surface area contributed by atoms with E-state index in [1.54, 1.807) is 12.1 Å². The van der Waals surface area contributed by atoms with Crippen molar-refractivity contribution in [2.45, 2.75) is 25.8 Å². The molecule has 2 aliphatic rings. The Kier molecular flexibility index (Phi) is 6.91. The van der Waals surface area contributed by atoms with Crippen molar-refractivity contribution in [2.75, 3.05) is 7.11 Å². The first-order chi connectivity index (χ1) is 18.8. The van der Waals surface area contributed by atoms with Crippen LogP contribution in [0.4, 0.5) is 0 Å². The predicted molar refractivity (Wildman–Crippen MR) is 159 cm³/mol. The van der Waals surface area contributed by atoms with Gasteiger partial charge in [-0.15, -0.1) is 0 Å². The van der Waals surface area contributed by atoms with Crippen LogP contribution in [-0.2, 0) is 11.2 Å². The second-order valence-corrected chi connectivity index (χ2v) is 12.1. The van der Waals surface area contributed by atoms with Crippen LogP contribution in [0.3, 0.4) is 0 Å². The number of rotatable bonds is 4. The van der Waals surface area contributed by atoms with E-state index in [-0.39, 0.29) is 11.6 Å². The normalized spacial score (nSPS) is 16.2. The molecule has 6 nitrogen and oxygen atoms in total. The summed E-state index contributed by atoms with van der Waals surface area (Å²) in [7, 11) is 1.51. The zero-order valence-corrected chi connectivity index (χ0v) is 25.0.